The lowest BCUT2D eigenvalue weighted by Gasteiger charge is -2.31. The number of nitrogens with zero attached hydrogens (tertiary/aromatic N) is 2. The molecule has 28 heteroatoms. The molecule has 28 nitrogen and oxygen atoms in total. The summed E-state index contributed by atoms with van der Waals surface area (Å²) in [5.41, 5.74) is 19.1. The topological polar surface area (TPSA) is 449 Å². The van der Waals surface area contributed by atoms with Crippen molar-refractivity contribution in [2.24, 2.45) is 39.9 Å². The van der Waals surface area contributed by atoms with Gasteiger partial charge >= 0.3 is 6.03 Å². The molecule has 0 spiro atoms. The third-order valence-corrected chi connectivity index (χ3v) is 15.5. The molecule has 1 saturated heterocycles. The number of phenolic OH excluding ortho intramolecular Hbond substituents is 1. The highest BCUT2D eigenvalue weighted by Gasteiger charge is 2.43. The summed E-state index contributed by atoms with van der Waals surface area (Å²) >= 11 is 0. The maximum atomic E-state index is 14.2. The van der Waals surface area contributed by atoms with Crippen molar-refractivity contribution >= 4 is 76.1 Å². The first kappa shape index (κ1) is 70.0. The second-order valence-corrected chi connectivity index (χ2v) is 23.0. The van der Waals surface area contributed by atoms with Gasteiger partial charge in [0.15, 0.2) is 5.96 Å². The van der Waals surface area contributed by atoms with Crippen molar-refractivity contribution in [2.75, 3.05) is 33.2 Å². The fourth-order valence-corrected chi connectivity index (χ4v) is 10.9. The van der Waals surface area contributed by atoms with Crippen LogP contribution >= 0.6 is 0 Å². The third kappa shape index (κ3) is 22.2. The molecule has 88 heavy (non-hydrogen) atoms. The number of urea groups is 1. The highest BCUT2D eigenvalue weighted by molar-refractivity contribution is 5.98. The van der Waals surface area contributed by atoms with Crippen LogP contribution in [0.2, 0.25) is 0 Å². The van der Waals surface area contributed by atoms with Gasteiger partial charge in [-0.3, -0.25) is 48.1 Å². The normalized spacial score (nSPS) is 18.1. The van der Waals surface area contributed by atoms with E-state index in [1.54, 1.807) is 30.5 Å². The van der Waals surface area contributed by atoms with Gasteiger partial charge in [-0.05, 0) is 73.8 Å². The van der Waals surface area contributed by atoms with Gasteiger partial charge in [-0.25, -0.2) is 4.79 Å². The van der Waals surface area contributed by atoms with E-state index in [9.17, 15) is 63.3 Å². The molecule has 10 atom stereocenters. The fourth-order valence-electron chi connectivity index (χ4n) is 10.9. The number of nitrogens with one attached hydrogen (secondary N) is 10. The molecular formula is C60H89N15O13. The molecule has 3 aromatic rings. The van der Waals surface area contributed by atoms with E-state index >= 15 is 0 Å². The van der Waals surface area contributed by atoms with Gasteiger partial charge < -0.3 is 90.3 Å². The molecule has 0 unspecified atom stereocenters. The van der Waals surface area contributed by atoms with Gasteiger partial charge in [0.05, 0.1) is 18.1 Å². The molecule has 11 amide bonds. The maximum Gasteiger partial charge on any atom is 0.312 e. The van der Waals surface area contributed by atoms with Crippen LogP contribution < -0.4 is 65.1 Å². The monoisotopic (exact) mass is 1230 g/mol. The number of likely N-dealkylation sites (tertiary alicyclic amines) is 1. The Balaban J connectivity index is 1.28. The number of aliphatic imine (C=N–C) groups is 1. The van der Waals surface area contributed by atoms with Crippen LogP contribution in [0.25, 0.3) is 10.9 Å². The number of phenols is 1. The number of guanidine groups is 1. The van der Waals surface area contributed by atoms with Gasteiger partial charge in [-0.15, -0.1) is 0 Å². The molecule has 2 fully saturated rings. The minimum absolute atomic E-state index is 0.0109. The van der Waals surface area contributed by atoms with Crippen LogP contribution in [-0.2, 0) is 56.0 Å². The van der Waals surface area contributed by atoms with E-state index in [2.05, 4.69) is 57.8 Å². The first-order valence-electron chi connectivity index (χ1n) is 29.8. The molecule has 482 valence electrons. The summed E-state index contributed by atoms with van der Waals surface area (Å²) in [6.07, 6.45) is 7.23. The summed E-state index contributed by atoms with van der Waals surface area (Å²) < 4.78 is 0. The number of H-pyrrole nitrogens is 1. The predicted molar refractivity (Wildman–Crippen MR) is 327 cm³/mol. The first-order chi connectivity index (χ1) is 41.8. The number of para-hydroxylation sites is 1. The number of aromatic nitrogens is 1. The average Bonchev–Trinajstić information content (AvgIpc) is 2.28. The van der Waals surface area contributed by atoms with Crippen molar-refractivity contribution in [3.05, 3.63) is 78.0 Å². The number of β-amino-alcohol motifs (C(OH)–C–C–N with tert-alkyl or cyclic N) is 1. The summed E-state index contributed by atoms with van der Waals surface area (Å²) in [6.45, 7) is 5.48. The van der Waals surface area contributed by atoms with Crippen LogP contribution in [0.15, 0.2) is 71.9 Å². The second kappa shape index (κ2) is 34.5. The Kier molecular flexibility index (Phi) is 27.5. The number of carbonyl (C=O) groups excluding carboxylic acids is 10. The molecule has 0 radical (unpaired) electrons. The lowest BCUT2D eigenvalue weighted by atomic mass is 9.84. The number of rotatable bonds is 32. The first-order valence-corrected chi connectivity index (χ1v) is 29.8. The molecule has 0 bridgehead atoms. The number of aromatic hydroxyl groups is 1. The van der Waals surface area contributed by atoms with Crippen molar-refractivity contribution < 1.29 is 63.3 Å². The largest absolute Gasteiger partial charge is 0.508 e. The van der Waals surface area contributed by atoms with Gasteiger partial charge in [-0.2, -0.15) is 0 Å². The van der Waals surface area contributed by atoms with Gasteiger partial charge in [0.2, 0.25) is 53.2 Å². The molecule has 1 aliphatic heterocycles. The number of primary amides is 2. The number of fused-ring (bicyclic) bond motifs is 1. The molecular weight excluding hydrogens is 1140 g/mol. The Bertz CT molecular complexity index is 2950. The number of amides is 11. The standard InChI is InChI=1S/C60H89N15O13/c1-33(2)25-38(52(81)70-44(18-12-24-66-59(62)64-5)54(83)71-45(51(61)80)28-39-30-67-43-17-10-9-16-42(39)43)15-11-23-65-53(82)46(26-36-13-7-6-8-14-36)72-57(86)50(34(3)76)74-55(84)48(31-68-60(63)88)73-56(85)49-29-41(79)32-75(49)58(87)47(69-35(4)77)27-37-19-21-40(78)22-20-37/h9-11,15-17,19-22,30,33-34,36,38,41,44-50,67,76,78-79H,6-8,12-14,18,23-29,31-32H2,1-5H3,(H2,61,80)(H,65,82)(H,69,77)(H,70,81)(H,71,83)(H,72,86)(H,73,85)(H,74,84)(H3,62,64,66)(H3,63,68,88)/t34-,38+,41-,44+,45+,46+,47-,48+,49+,50+/m1/s1. The minimum atomic E-state index is -1.74. The molecule has 19 N–H and O–H groups in total. The molecule has 1 aliphatic carbocycles. The predicted octanol–water partition coefficient (Wildman–Crippen LogP) is -1.30. The summed E-state index contributed by atoms with van der Waals surface area (Å²) in [5.74, 6) is -7.48. The molecule has 2 aliphatic rings. The van der Waals surface area contributed by atoms with Crippen molar-refractivity contribution in [1.29, 1.82) is 0 Å². The Morgan fingerprint density at radius 1 is 0.750 bits per heavy atom. The Morgan fingerprint density at radius 3 is 2.07 bits per heavy atom. The zero-order valence-corrected chi connectivity index (χ0v) is 50.6. The number of carbonyl (C=O) groups is 10. The zero-order chi connectivity index (χ0) is 64.6. The number of aliphatic hydroxyl groups excluding tert-OH is 2. The average molecular weight is 1230 g/mol. The summed E-state index contributed by atoms with van der Waals surface area (Å²) in [5, 5.41) is 56.1. The van der Waals surface area contributed by atoms with Gasteiger partial charge in [0.25, 0.3) is 0 Å². The third-order valence-electron chi connectivity index (χ3n) is 15.5. The van der Waals surface area contributed by atoms with Crippen LogP contribution in [0.3, 0.4) is 0 Å². The van der Waals surface area contributed by atoms with Gasteiger partial charge in [-0.1, -0.05) is 88.4 Å². The SMILES string of the molecule is CN=C(N)NCCC[C@H](NC(=O)[C@@H](C=CCNC(=O)[C@H](CC1CCCCC1)NC(=O)[C@@H](NC(=O)[C@H](CNC(N)=O)NC(=O)[C@@H]1C[C@@H](O)CN1C(=O)[C@@H](Cc1ccc(O)cc1)NC(C)=O)[C@@H](C)O)CC(C)C)C(=O)N[C@@H](Cc1c[nH]c2ccccc12)C(N)=O. The van der Waals surface area contributed by atoms with Gasteiger partial charge in [0, 0.05) is 76.5 Å². The number of aliphatic hydroxyl groups is 2. The van der Waals surface area contributed by atoms with Crippen molar-refractivity contribution in [1.82, 2.24) is 57.7 Å². The van der Waals surface area contributed by atoms with Crippen LogP contribution in [0.4, 0.5) is 4.79 Å². The highest BCUT2D eigenvalue weighted by atomic mass is 16.3. The van der Waals surface area contributed by atoms with E-state index in [4.69, 9.17) is 17.2 Å². The summed E-state index contributed by atoms with van der Waals surface area (Å²) in [4.78, 5) is 144. The van der Waals surface area contributed by atoms with Crippen LogP contribution in [0, 0.1) is 17.8 Å². The molecule has 1 saturated carbocycles. The Labute approximate surface area is 511 Å². The number of hydrogen-bond donors (Lipinski definition) is 16. The smallest absolute Gasteiger partial charge is 0.312 e. The van der Waals surface area contributed by atoms with Crippen LogP contribution in [0.5, 0.6) is 5.75 Å². The van der Waals surface area contributed by atoms with E-state index < -0.39 is 126 Å². The van der Waals surface area contributed by atoms with Crippen molar-refractivity contribution in [2.45, 2.75) is 159 Å². The van der Waals surface area contributed by atoms with E-state index in [0.717, 1.165) is 53.5 Å². The van der Waals surface area contributed by atoms with E-state index in [1.807, 2.05) is 38.1 Å². The van der Waals surface area contributed by atoms with Crippen molar-refractivity contribution in [3.8, 4) is 5.75 Å². The quantitative estimate of drug-likeness (QED) is 0.0150. The van der Waals surface area contributed by atoms with Crippen molar-refractivity contribution in [3.63, 3.8) is 0 Å². The summed E-state index contributed by atoms with van der Waals surface area (Å²) in [6, 6.07) is 2.80. The fraction of sp³-hybridized carbons (Fsp3) is 0.550. The molecule has 5 rings (SSSR count). The highest BCUT2D eigenvalue weighted by Crippen LogP contribution is 2.28. The second-order valence-electron chi connectivity index (χ2n) is 23.0. The van der Waals surface area contributed by atoms with E-state index in [0.29, 0.717) is 24.9 Å². The lowest BCUT2D eigenvalue weighted by Crippen LogP contribution is -2.62. The molecule has 2 aromatic carbocycles. The number of benzene rings is 2. The lowest BCUT2D eigenvalue weighted by molar-refractivity contribution is -0.142. The summed E-state index contributed by atoms with van der Waals surface area (Å²) in [7, 11) is 1.51. The Morgan fingerprint density at radius 2 is 1.42 bits per heavy atom. The number of hydrogen-bond acceptors (Lipinski definition) is 14. The molecule has 1 aromatic heterocycles. The van der Waals surface area contributed by atoms with E-state index in [-0.39, 0.29) is 68.7 Å². The number of nitrogens with two attached hydrogens (primary N) is 3. The minimum Gasteiger partial charge on any atom is -0.508 e. The zero-order valence-electron chi connectivity index (χ0n) is 50.6. The number of aromatic amines is 1. The van der Waals surface area contributed by atoms with Gasteiger partial charge in [0.1, 0.15) is 48.0 Å². The van der Waals surface area contributed by atoms with Crippen LogP contribution in [-0.4, -0.2) is 178 Å². The Hall–Kier alpha value is -8.79. The van der Waals surface area contributed by atoms with Crippen LogP contribution in [0.1, 0.15) is 103 Å². The molecule has 2 heterocycles. The maximum absolute atomic E-state index is 14.2. The van der Waals surface area contributed by atoms with E-state index in [1.165, 1.54) is 33.0 Å².